The van der Waals surface area contributed by atoms with E-state index in [4.69, 9.17) is 9.84 Å². The average molecular weight is 363 g/mol. The van der Waals surface area contributed by atoms with Gasteiger partial charge in [0.2, 0.25) is 5.91 Å². The molecule has 1 aromatic rings. The molecule has 1 amide bonds. The van der Waals surface area contributed by atoms with E-state index in [-0.39, 0.29) is 18.5 Å². The molecule has 7 nitrogen and oxygen atoms in total. The molecule has 1 aromatic carbocycles. The largest absolute Gasteiger partial charge is 0.496 e. The van der Waals surface area contributed by atoms with Crippen LogP contribution in [0.15, 0.2) is 24.3 Å². The highest BCUT2D eigenvalue weighted by molar-refractivity contribution is 5.78. The van der Waals surface area contributed by atoms with Gasteiger partial charge in [-0.25, -0.2) is 0 Å². The predicted molar refractivity (Wildman–Crippen MR) is 99.2 cm³/mol. The van der Waals surface area contributed by atoms with E-state index < -0.39 is 5.97 Å². The predicted octanol–water partition coefficient (Wildman–Crippen LogP) is 1.13. The average Bonchev–Trinajstić information content (AvgIpc) is 2.62. The number of benzene rings is 1. The monoisotopic (exact) mass is 363 g/mol. The van der Waals surface area contributed by atoms with Gasteiger partial charge in [-0.05, 0) is 26.0 Å². The number of carbonyl (C=O) groups is 2. The first-order valence-corrected chi connectivity index (χ1v) is 8.91. The van der Waals surface area contributed by atoms with Crippen LogP contribution < -0.4 is 4.74 Å². The Hall–Kier alpha value is -2.12. The van der Waals surface area contributed by atoms with Crippen LogP contribution >= 0.6 is 0 Å². The number of piperidine rings is 1. The molecule has 1 N–H and O–H groups in total. The summed E-state index contributed by atoms with van der Waals surface area (Å²) in [7, 11) is 5.29. The summed E-state index contributed by atoms with van der Waals surface area (Å²) in [6.45, 7) is 2.58. The molecule has 7 heteroatoms. The molecule has 2 rings (SSSR count). The SMILES string of the molecule is COc1ccccc1CN(C)C(=O)CN1CCC(N(C)CC(=O)O)CC1. The highest BCUT2D eigenvalue weighted by Gasteiger charge is 2.25. The fraction of sp³-hybridized carbons (Fsp3) is 0.579. The lowest BCUT2D eigenvalue weighted by atomic mass is 10.0. The fourth-order valence-corrected chi connectivity index (χ4v) is 3.35. The Labute approximate surface area is 155 Å². The second-order valence-electron chi connectivity index (χ2n) is 6.88. The van der Waals surface area contributed by atoms with Crippen molar-refractivity contribution in [2.45, 2.75) is 25.4 Å². The minimum absolute atomic E-state index is 0.0608. The van der Waals surface area contributed by atoms with E-state index >= 15 is 0 Å². The molecule has 0 atom stereocenters. The van der Waals surface area contributed by atoms with Gasteiger partial charge >= 0.3 is 5.97 Å². The van der Waals surface area contributed by atoms with Crippen molar-refractivity contribution in [3.63, 3.8) is 0 Å². The number of hydrogen-bond acceptors (Lipinski definition) is 5. The maximum absolute atomic E-state index is 12.5. The van der Waals surface area contributed by atoms with Gasteiger partial charge in [-0.2, -0.15) is 0 Å². The van der Waals surface area contributed by atoms with Crippen LogP contribution in [0.25, 0.3) is 0 Å². The summed E-state index contributed by atoms with van der Waals surface area (Å²) >= 11 is 0. The quantitative estimate of drug-likeness (QED) is 0.747. The zero-order valence-electron chi connectivity index (χ0n) is 15.9. The Balaban J connectivity index is 1.80. The Morgan fingerprint density at radius 3 is 2.50 bits per heavy atom. The van der Waals surface area contributed by atoms with Crippen LogP contribution in [-0.4, -0.2) is 85.1 Å². The number of para-hydroxylation sites is 1. The molecule has 1 aliphatic heterocycles. The topological polar surface area (TPSA) is 73.3 Å². The molecule has 144 valence electrons. The molecule has 0 radical (unpaired) electrons. The second-order valence-corrected chi connectivity index (χ2v) is 6.88. The van der Waals surface area contributed by atoms with Crippen molar-refractivity contribution < 1.29 is 19.4 Å². The lowest BCUT2D eigenvalue weighted by Gasteiger charge is -2.36. The number of carboxylic acids is 1. The number of carboxylic acid groups (broad SMARTS) is 1. The molecule has 0 bridgehead atoms. The van der Waals surface area contributed by atoms with E-state index in [1.165, 1.54) is 0 Å². The van der Waals surface area contributed by atoms with Gasteiger partial charge < -0.3 is 14.7 Å². The van der Waals surface area contributed by atoms with Crippen LogP contribution in [0, 0.1) is 0 Å². The number of rotatable bonds is 8. The van der Waals surface area contributed by atoms with Crippen molar-refractivity contribution in [1.29, 1.82) is 0 Å². The van der Waals surface area contributed by atoms with Gasteiger partial charge in [0.15, 0.2) is 0 Å². The van der Waals surface area contributed by atoms with Gasteiger partial charge in [0, 0.05) is 38.3 Å². The van der Waals surface area contributed by atoms with Crippen molar-refractivity contribution in [1.82, 2.24) is 14.7 Å². The number of likely N-dealkylation sites (N-methyl/N-ethyl adjacent to an activating group) is 2. The van der Waals surface area contributed by atoms with E-state index in [1.54, 1.807) is 12.0 Å². The molecule has 1 aliphatic rings. The van der Waals surface area contributed by atoms with E-state index in [0.29, 0.717) is 13.1 Å². The highest BCUT2D eigenvalue weighted by atomic mass is 16.5. The third kappa shape index (κ3) is 5.71. The van der Waals surface area contributed by atoms with Crippen LogP contribution in [-0.2, 0) is 16.1 Å². The molecule has 1 saturated heterocycles. The van der Waals surface area contributed by atoms with Crippen molar-refractivity contribution in [3.8, 4) is 5.75 Å². The molecular weight excluding hydrogens is 334 g/mol. The standard InChI is InChI=1S/C19H29N3O4/c1-20(14-19(24)25)16-8-10-22(11-9-16)13-18(23)21(2)12-15-6-4-5-7-17(15)26-3/h4-7,16H,8-14H2,1-3H3,(H,24,25). The van der Waals surface area contributed by atoms with Crippen molar-refractivity contribution in [3.05, 3.63) is 29.8 Å². The third-order valence-electron chi connectivity index (χ3n) is 4.95. The minimum Gasteiger partial charge on any atom is -0.496 e. The van der Waals surface area contributed by atoms with E-state index in [1.807, 2.05) is 43.3 Å². The highest BCUT2D eigenvalue weighted by Crippen LogP contribution is 2.19. The van der Waals surface area contributed by atoms with E-state index in [2.05, 4.69) is 4.90 Å². The number of carbonyl (C=O) groups excluding carboxylic acids is 1. The third-order valence-corrected chi connectivity index (χ3v) is 4.95. The first kappa shape index (κ1) is 20.2. The first-order chi connectivity index (χ1) is 12.4. The number of hydrogen-bond donors (Lipinski definition) is 1. The summed E-state index contributed by atoms with van der Waals surface area (Å²) in [5, 5.41) is 8.89. The van der Waals surface area contributed by atoms with Gasteiger partial charge in [-0.3, -0.25) is 19.4 Å². The van der Waals surface area contributed by atoms with Crippen molar-refractivity contribution >= 4 is 11.9 Å². The van der Waals surface area contributed by atoms with Gasteiger partial charge in [0.25, 0.3) is 0 Å². The van der Waals surface area contributed by atoms with Crippen molar-refractivity contribution in [2.75, 3.05) is 47.4 Å². The number of amides is 1. The molecule has 0 saturated carbocycles. The van der Waals surface area contributed by atoms with Crippen LogP contribution in [0.4, 0.5) is 0 Å². The summed E-state index contributed by atoms with van der Waals surface area (Å²) in [5.74, 6) is 0.0609. The molecule has 1 fully saturated rings. The molecule has 1 heterocycles. The Kier molecular flexibility index (Phi) is 7.41. The minimum atomic E-state index is -0.803. The molecule has 0 aliphatic carbocycles. The van der Waals surface area contributed by atoms with Crippen LogP contribution in [0.3, 0.4) is 0 Å². The Morgan fingerprint density at radius 2 is 1.88 bits per heavy atom. The maximum Gasteiger partial charge on any atom is 0.317 e. The first-order valence-electron chi connectivity index (χ1n) is 8.91. The lowest BCUT2D eigenvalue weighted by Crippen LogP contribution is -2.47. The zero-order chi connectivity index (χ0) is 19.1. The van der Waals surface area contributed by atoms with Gasteiger partial charge in [-0.1, -0.05) is 18.2 Å². The summed E-state index contributed by atoms with van der Waals surface area (Å²) < 4.78 is 5.34. The van der Waals surface area contributed by atoms with Gasteiger partial charge in [0.05, 0.1) is 20.2 Å². The smallest absolute Gasteiger partial charge is 0.317 e. The number of ether oxygens (including phenoxy) is 1. The summed E-state index contributed by atoms with van der Waals surface area (Å²) in [4.78, 5) is 29.1. The Morgan fingerprint density at radius 1 is 1.23 bits per heavy atom. The van der Waals surface area contributed by atoms with Gasteiger partial charge in [-0.15, -0.1) is 0 Å². The molecular formula is C19H29N3O4. The summed E-state index contributed by atoms with van der Waals surface area (Å²) in [6, 6.07) is 7.98. The Bertz CT molecular complexity index is 615. The summed E-state index contributed by atoms with van der Waals surface area (Å²) in [5.41, 5.74) is 0.986. The van der Waals surface area contributed by atoms with Crippen LogP contribution in [0.5, 0.6) is 5.75 Å². The normalized spacial score (nSPS) is 15.8. The number of aliphatic carboxylic acids is 1. The van der Waals surface area contributed by atoms with E-state index in [0.717, 1.165) is 37.2 Å². The number of nitrogens with zero attached hydrogens (tertiary/aromatic N) is 3. The molecule has 0 unspecified atom stereocenters. The van der Waals surface area contributed by atoms with Crippen LogP contribution in [0.2, 0.25) is 0 Å². The molecule has 0 aromatic heterocycles. The van der Waals surface area contributed by atoms with Crippen molar-refractivity contribution in [2.24, 2.45) is 0 Å². The van der Waals surface area contributed by atoms with Crippen LogP contribution in [0.1, 0.15) is 18.4 Å². The van der Waals surface area contributed by atoms with E-state index in [9.17, 15) is 9.59 Å². The zero-order valence-corrected chi connectivity index (χ0v) is 15.9. The summed E-state index contributed by atoms with van der Waals surface area (Å²) in [6.07, 6.45) is 1.76. The second kappa shape index (κ2) is 9.54. The maximum atomic E-state index is 12.5. The molecule has 0 spiro atoms. The van der Waals surface area contributed by atoms with Gasteiger partial charge in [0.1, 0.15) is 5.75 Å². The molecule has 26 heavy (non-hydrogen) atoms. The lowest BCUT2D eigenvalue weighted by molar-refractivity contribution is -0.138. The number of methoxy groups -OCH3 is 1. The fourth-order valence-electron chi connectivity index (χ4n) is 3.35. The number of likely N-dealkylation sites (tertiary alicyclic amines) is 1.